The Morgan fingerprint density at radius 3 is 2.39 bits per heavy atom. The molecule has 1 N–H and O–H groups in total. The van der Waals surface area contributed by atoms with E-state index in [4.69, 9.17) is 0 Å². The van der Waals surface area contributed by atoms with Crippen LogP contribution in [-0.4, -0.2) is 59.9 Å². The van der Waals surface area contributed by atoms with E-state index in [-0.39, 0.29) is 23.9 Å². The molecule has 1 saturated carbocycles. The fourth-order valence-corrected chi connectivity index (χ4v) is 2.96. The van der Waals surface area contributed by atoms with Crippen LogP contribution in [-0.2, 0) is 9.59 Å². The number of likely N-dealkylation sites (tertiary alicyclic amines) is 2. The van der Waals surface area contributed by atoms with E-state index in [2.05, 4.69) is 17.3 Å². The van der Waals surface area contributed by atoms with Crippen molar-refractivity contribution in [2.45, 2.75) is 50.2 Å². The van der Waals surface area contributed by atoms with Crippen LogP contribution in [0.4, 0.5) is 0 Å². The van der Waals surface area contributed by atoms with Crippen molar-refractivity contribution >= 4 is 11.8 Å². The minimum Gasteiger partial charge on any atom is -0.306 e. The highest BCUT2D eigenvalue weighted by atomic mass is 16.2. The van der Waals surface area contributed by atoms with Gasteiger partial charge >= 0.3 is 0 Å². The average molecular weight is 251 g/mol. The van der Waals surface area contributed by atoms with E-state index in [0.717, 1.165) is 38.8 Å². The number of nitrogens with zero attached hydrogens (tertiary/aromatic N) is 2. The van der Waals surface area contributed by atoms with Crippen molar-refractivity contribution in [1.29, 1.82) is 0 Å². The fraction of sp³-hybridized carbons (Fsp3) is 0.846. The van der Waals surface area contributed by atoms with Gasteiger partial charge in [-0.3, -0.25) is 14.5 Å². The molecule has 5 nitrogen and oxygen atoms in total. The number of rotatable bonds is 3. The summed E-state index contributed by atoms with van der Waals surface area (Å²) in [7, 11) is 2.12. The van der Waals surface area contributed by atoms with Crippen molar-refractivity contribution in [1.82, 2.24) is 15.1 Å². The molecule has 0 radical (unpaired) electrons. The zero-order chi connectivity index (χ0) is 12.7. The maximum atomic E-state index is 12.2. The minimum atomic E-state index is -0.258. The molecule has 100 valence electrons. The number of amides is 2. The van der Waals surface area contributed by atoms with Gasteiger partial charge in [-0.1, -0.05) is 0 Å². The van der Waals surface area contributed by atoms with Crippen LogP contribution in [0.2, 0.25) is 0 Å². The van der Waals surface area contributed by atoms with Crippen LogP contribution in [0, 0.1) is 0 Å². The van der Waals surface area contributed by atoms with Crippen LogP contribution in [0.15, 0.2) is 0 Å². The lowest BCUT2D eigenvalue weighted by molar-refractivity contribution is -0.139. The van der Waals surface area contributed by atoms with E-state index < -0.39 is 0 Å². The van der Waals surface area contributed by atoms with Gasteiger partial charge in [-0.15, -0.1) is 0 Å². The summed E-state index contributed by atoms with van der Waals surface area (Å²) < 4.78 is 0. The molecular formula is C13H21N3O2. The van der Waals surface area contributed by atoms with Crippen molar-refractivity contribution in [2.75, 3.05) is 20.1 Å². The first-order valence-electron chi connectivity index (χ1n) is 6.95. The molecule has 1 atom stereocenters. The monoisotopic (exact) mass is 251 g/mol. The van der Waals surface area contributed by atoms with Gasteiger partial charge in [0.15, 0.2) is 0 Å². The van der Waals surface area contributed by atoms with E-state index in [1.807, 2.05) is 0 Å². The van der Waals surface area contributed by atoms with Crippen LogP contribution >= 0.6 is 0 Å². The van der Waals surface area contributed by atoms with E-state index in [1.165, 1.54) is 4.90 Å². The predicted octanol–water partition coefficient (Wildman–Crippen LogP) is -0.0399. The predicted molar refractivity (Wildman–Crippen MR) is 66.9 cm³/mol. The summed E-state index contributed by atoms with van der Waals surface area (Å²) in [5, 5.41) is 3.39. The molecule has 1 aliphatic carbocycles. The highest BCUT2D eigenvalue weighted by molar-refractivity contribution is 6.06. The lowest BCUT2D eigenvalue weighted by atomic mass is 10.0. The number of carbonyl (C=O) groups excluding carboxylic acids is 2. The first kappa shape index (κ1) is 12.1. The number of carbonyl (C=O) groups is 2. The Labute approximate surface area is 107 Å². The van der Waals surface area contributed by atoms with Crippen LogP contribution in [0.5, 0.6) is 0 Å². The van der Waals surface area contributed by atoms with Crippen molar-refractivity contribution < 1.29 is 9.59 Å². The summed E-state index contributed by atoms with van der Waals surface area (Å²) in [6.45, 7) is 2.14. The molecule has 2 saturated heterocycles. The van der Waals surface area contributed by atoms with Gasteiger partial charge in [0.05, 0.1) is 12.5 Å². The molecule has 0 aromatic carbocycles. The molecule has 1 unspecified atom stereocenters. The first-order valence-corrected chi connectivity index (χ1v) is 6.95. The molecule has 0 aromatic heterocycles. The third-order valence-corrected chi connectivity index (χ3v) is 4.25. The lowest BCUT2D eigenvalue weighted by Gasteiger charge is -2.31. The quantitative estimate of drug-likeness (QED) is 0.715. The summed E-state index contributed by atoms with van der Waals surface area (Å²) in [5.41, 5.74) is 0. The minimum absolute atomic E-state index is 0.0152. The Bertz CT molecular complexity index is 359. The molecule has 0 bridgehead atoms. The van der Waals surface area contributed by atoms with Crippen LogP contribution in [0.1, 0.15) is 32.1 Å². The standard InChI is InChI=1S/C13H21N3O2/c1-15-6-4-9(5-7-15)14-11-8-12(17)16(13(11)18)10-2-3-10/h9-11,14H,2-8H2,1H3. The van der Waals surface area contributed by atoms with E-state index in [9.17, 15) is 9.59 Å². The van der Waals surface area contributed by atoms with Crippen molar-refractivity contribution in [2.24, 2.45) is 0 Å². The second-order valence-electron chi connectivity index (χ2n) is 5.83. The largest absolute Gasteiger partial charge is 0.306 e. The highest BCUT2D eigenvalue weighted by Gasteiger charge is 2.46. The van der Waals surface area contributed by atoms with E-state index in [0.29, 0.717) is 12.5 Å². The van der Waals surface area contributed by atoms with Gasteiger partial charge in [0.2, 0.25) is 11.8 Å². The number of piperidine rings is 1. The van der Waals surface area contributed by atoms with Crippen molar-refractivity contribution in [3.05, 3.63) is 0 Å². The topological polar surface area (TPSA) is 52.7 Å². The number of hydrogen-bond donors (Lipinski definition) is 1. The number of imide groups is 1. The van der Waals surface area contributed by atoms with Gasteiger partial charge in [0, 0.05) is 12.1 Å². The molecule has 3 rings (SSSR count). The zero-order valence-corrected chi connectivity index (χ0v) is 10.9. The van der Waals surface area contributed by atoms with Crippen molar-refractivity contribution in [3.8, 4) is 0 Å². The van der Waals surface area contributed by atoms with Crippen LogP contribution in [0.3, 0.4) is 0 Å². The van der Waals surface area contributed by atoms with Gasteiger partial charge in [0.25, 0.3) is 0 Å². The lowest BCUT2D eigenvalue weighted by Crippen LogP contribution is -2.48. The average Bonchev–Trinajstić information content (AvgIpc) is 3.12. The summed E-state index contributed by atoms with van der Waals surface area (Å²) in [6.07, 6.45) is 4.49. The maximum absolute atomic E-state index is 12.2. The third kappa shape index (κ3) is 2.29. The van der Waals surface area contributed by atoms with Crippen LogP contribution < -0.4 is 5.32 Å². The first-order chi connectivity index (χ1) is 8.65. The summed E-state index contributed by atoms with van der Waals surface area (Å²) in [5.74, 6) is 0.0364. The summed E-state index contributed by atoms with van der Waals surface area (Å²) in [6, 6.07) is 0.350. The van der Waals surface area contributed by atoms with Gasteiger partial charge in [-0.05, 0) is 45.8 Å². The highest BCUT2D eigenvalue weighted by Crippen LogP contribution is 2.31. The fourth-order valence-electron chi connectivity index (χ4n) is 2.96. The number of hydrogen-bond acceptors (Lipinski definition) is 4. The van der Waals surface area contributed by atoms with Gasteiger partial charge < -0.3 is 10.2 Å². The van der Waals surface area contributed by atoms with E-state index in [1.54, 1.807) is 0 Å². The van der Waals surface area contributed by atoms with Crippen LogP contribution in [0.25, 0.3) is 0 Å². The van der Waals surface area contributed by atoms with E-state index >= 15 is 0 Å². The summed E-state index contributed by atoms with van der Waals surface area (Å²) in [4.78, 5) is 27.8. The molecule has 3 fully saturated rings. The molecule has 5 heteroatoms. The van der Waals surface area contributed by atoms with Gasteiger partial charge in [0.1, 0.15) is 0 Å². The molecule has 2 amide bonds. The SMILES string of the molecule is CN1CCC(NC2CC(=O)N(C3CC3)C2=O)CC1. The second-order valence-corrected chi connectivity index (χ2v) is 5.83. The Morgan fingerprint density at radius 2 is 1.78 bits per heavy atom. The zero-order valence-electron chi connectivity index (χ0n) is 10.9. The Kier molecular flexibility index (Phi) is 3.11. The van der Waals surface area contributed by atoms with Gasteiger partial charge in [-0.25, -0.2) is 0 Å². The summed E-state index contributed by atoms with van der Waals surface area (Å²) >= 11 is 0. The van der Waals surface area contributed by atoms with Crippen molar-refractivity contribution in [3.63, 3.8) is 0 Å². The maximum Gasteiger partial charge on any atom is 0.247 e. The van der Waals surface area contributed by atoms with Gasteiger partial charge in [-0.2, -0.15) is 0 Å². The normalized spacial score (nSPS) is 31.4. The molecule has 3 aliphatic rings. The molecule has 0 aromatic rings. The third-order valence-electron chi connectivity index (χ3n) is 4.25. The molecule has 2 heterocycles. The Hall–Kier alpha value is -0.940. The molecule has 0 spiro atoms. The molecule has 2 aliphatic heterocycles. The molecular weight excluding hydrogens is 230 g/mol. The molecule has 18 heavy (non-hydrogen) atoms. The number of nitrogens with one attached hydrogen (secondary N) is 1. The Balaban J connectivity index is 1.57. The Morgan fingerprint density at radius 1 is 1.11 bits per heavy atom. The second kappa shape index (κ2) is 4.63. The smallest absolute Gasteiger partial charge is 0.247 e.